The van der Waals surface area contributed by atoms with Crippen LogP contribution < -0.4 is 15.0 Å². The highest BCUT2D eigenvalue weighted by Crippen LogP contribution is 2.27. The third-order valence-electron chi connectivity index (χ3n) is 5.02. The first-order chi connectivity index (χ1) is 12.8. The molecule has 26 heavy (non-hydrogen) atoms. The molecule has 0 saturated carbocycles. The molecule has 0 bridgehead atoms. The molecule has 2 saturated heterocycles. The fourth-order valence-electron chi connectivity index (χ4n) is 3.52. The first-order valence-corrected chi connectivity index (χ1v) is 9.73. The molecule has 4 rings (SSSR count). The Bertz CT molecular complexity index is 723. The van der Waals surface area contributed by atoms with Crippen molar-refractivity contribution in [2.45, 2.75) is 18.9 Å². The van der Waals surface area contributed by atoms with Crippen LogP contribution in [0.5, 0.6) is 5.75 Å². The van der Waals surface area contributed by atoms with Crippen molar-refractivity contribution >= 4 is 17.3 Å². The maximum atomic E-state index is 6.46. The summed E-state index contributed by atoms with van der Waals surface area (Å²) >= 11 is 6.46. The average Bonchev–Trinajstić information content (AvgIpc) is 3.19. The largest absolute Gasteiger partial charge is 0.488 e. The minimum absolute atomic E-state index is 0.186. The van der Waals surface area contributed by atoms with E-state index in [2.05, 4.69) is 34.5 Å². The van der Waals surface area contributed by atoms with Crippen LogP contribution in [0.1, 0.15) is 17.5 Å². The van der Waals surface area contributed by atoms with Crippen LogP contribution in [0.15, 0.2) is 42.5 Å². The molecular formula is C21H25ClN2O2. The first kappa shape index (κ1) is 17.7. The lowest BCUT2D eigenvalue weighted by molar-refractivity contribution is 0.141. The molecule has 2 aromatic rings. The van der Waals surface area contributed by atoms with E-state index in [1.807, 2.05) is 18.2 Å². The van der Waals surface area contributed by atoms with Crippen LogP contribution in [0.2, 0.25) is 5.02 Å². The molecule has 0 unspecified atom stereocenters. The lowest BCUT2D eigenvalue weighted by Gasteiger charge is -2.30. The standard InChI is InChI=1S/C21H25ClN2O2/c22-21-6-3-18(24-10-8-23-9-11-24)14-17(21)13-16-1-4-19(5-2-16)26-20-7-12-25-15-20/h1-6,14,20,23H,7-13,15H2/t20-/m1/s1. The molecule has 0 aliphatic carbocycles. The number of benzene rings is 2. The Kier molecular flexibility index (Phi) is 5.63. The van der Waals surface area contributed by atoms with Crippen LogP contribution in [0.3, 0.4) is 0 Å². The van der Waals surface area contributed by atoms with Crippen molar-refractivity contribution < 1.29 is 9.47 Å². The molecule has 0 amide bonds. The van der Waals surface area contributed by atoms with Crippen LogP contribution in [0.4, 0.5) is 5.69 Å². The van der Waals surface area contributed by atoms with Gasteiger partial charge in [0.1, 0.15) is 11.9 Å². The number of piperazine rings is 1. The smallest absolute Gasteiger partial charge is 0.124 e. The van der Waals surface area contributed by atoms with Gasteiger partial charge in [0.2, 0.25) is 0 Å². The quantitative estimate of drug-likeness (QED) is 0.870. The van der Waals surface area contributed by atoms with Crippen LogP contribution in [0, 0.1) is 0 Å². The van der Waals surface area contributed by atoms with Crippen molar-refractivity contribution in [3.05, 3.63) is 58.6 Å². The van der Waals surface area contributed by atoms with E-state index in [1.165, 1.54) is 16.8 Å². The summed E-state index contributed by atoms with van der Waals surface area (Å²) in [5, 5.41) is 4.22. The maximum Gasteiger partial charge on any atom is 0.124 e. The lowest BCUT2D eigenvalue weighted by atomic mass is 10.0. The lowest BCUT2D eigenvalue weighted by Crippen LogP contribution is -2.43. The van der Waals surface area contributed by atoms with Gasteiger partial charge in [-0.3, -0.25) is 0 Å². The van der Waals surface area contributed by atoms with E-state index in [9.17, 15) is 0 Å². The van der Waals surface area contributed by atoms with Gasteiger partial charge in [-0.05, 0) is 47.9 Å². The normalized spacial score (nSPS) is 20.3. The van der Waals surface area contributed by atoms with Gasteiger partial charge in [-0.1, -0.05) is 23.7 Å². The van der Waals surface area contributed by atoms with Crippen molar-refractivity contribution in [1.82, 2.24) is 5.32 Å². The molecule has 5 heteroatoms. The highest BCUT2D eigenvalue weighted by Gasteiger charge is 2.17. The Morgan fingerprint density at radius 1 is 1.12 bits per heavy atom. The van der Waals surface area contributed by atoms with E-state index < -0.39 is 0 Å². The fraction of sp³-hybridized carbons (Fsp3) is 0.429. The van der Waals surface area contributed by atoms with Crippen molar-refractivity contribution in [3.63, 3.8) is 0 Å². The molecule has 2 aromatic carbocycles. The Morgan fingerprint density at radius 3 is 2.65 bits per heavy atom. The SMILES string of the molecule is Clc1ccc(N2CCNCC2)cc1Cc1ccc(O[C@@H]2CCOC2)cc1. The van der Waals surface area contributed by atoms with Crippen LogP contribution in [-0.2, 0) is 11.2 Å². The summed E-state index contributed by atoms with van der Waals surface area (Å²) in [5.74, 6) is 0.907. The average molecular weight is 373 g/mol. The van der Waals surface area contributed by atoms with E-state index in [4.69, 9.17) is 21.1 Å². The number of hydrogen-bond acceptors (Lipinski definition) is 4. The van der Waals surface area contributed by atoms with E-state index in [0.717, 1.165) is 56.4 Å². The molecule has 2 fully saturated rings. The van der Waals surface area contributed by atoms with Crippen molar-refractivity contribution in [1.29, 1.82) is 0 Å². The van der Waals surface area contributed by atoms with Crippen molar-refractivity contribution in [2.75, 3.05) is 44.3 Å². The molecule has 2 heterocycles. The zero-order valence-electron chi connectivity index (χ0n) is 14.9. The van der Waals surface area contributed by atoms with Gasteiger partial charge in [-0.2, -0.15) is 0 Å². The van der Waals surface area contributed by atoms with Gasteiger partial charge in [0.25, 0.3) is 0 Å². The molecule has 1 N–H and O–H groups in total. The number of nitrogens with one attached hydrogen (secondary N) is 1. The van der Waals surface area contributed by atoms with E-state index >= 15 is 0 Å². The zero-order chi connectivity index (χ0) is 17.8. The number of nitrogens with zero attached hydrogens (tertiary/aromatic N) is 1. The zero-order valence-corrected chi connectivity index (χ0v) is 15.7. The summed E-state index contributed by atoms with van der Waals surface area (Å²) in [6, 6.07) is 14.7. The number of hydrogen-bond donors (Lipinski definition) is 1. The predicted octanol–water partition coefficient (Wildman–Crippen LogP) is 3.51. The Hall–Kier alpha value is -1.75. The van der Waals surface area contributed by atoms with Gasteiger partial charge >= 0.3 is 0 Å². The second-order valence-electron chi connectivity index (χ2n) is 6.94. The van der Waals surface area contributed by atoms with Gasteiger partial charge in [-0.15, -0.1) is 0 Å². The highest BCUT2D eigenvalue weighted by atomic mass is 35.5. The summed E-state index contributed by atoms with van der Waals surface area (Å²) < 4.78 is 11.3. The molecule has 138 valence electrons. The predicted molar refractivity (Wildman–Crippen MR) is 106 cm³/mol. The summed E-state index contributed by atoms with van der Waals surface area (Å²) in [6.45, 7) is 5.63. The maximum absolute atomic E-state index is 6.46. The van der Waals surface area contributed by atoms with E-state index in [1.54, 1.807) is 0 Å². The summed E-state index contributed by atoms with van der Waals surface area (Å²) in [5.41, 5.74) is 3.66. The summed E-state index contributed by atoms with van der Waals surface area (Å²) in [6.07, 6.45) is 1.98. The van der Waals surface area contributed by atoms with Gasteiger partial charge in [-0.25, -0.2) is 0 Å². The molecule has 0 aromatic heterocycles. The number of ether oxygens (including phenoxy) is 2. The van der Waals surface area contributed by atoms with Crippen LogP contribution in [0.25, 0.3) is 0 Å². The second-order valence-corrected chi connectivity index (χ2v) is 7.34. The molecule has 4 nitrogen and oxygen atoms in total. The summed E-state index contributed by atoms with van der Waals surface area (Å²) in [7, 11) is 0. The number of rotatable bonds is 5. The van der Waals surface area contributed by atoms with Gasteiger partial charge < -0.3 is 19.7 Å². The van der Waals surface area contributed by atoms with Gasteiger partial charge in [0.15, 0.2) is 0 Å². The topological polar surface area (TPSA) is 33.7 Å². The van der Waals surface area contributed by atoms with Gasteiger partial charge in [0, 0.05) is 43.3 Å². The molecule has 2 aliphatic heterocycles. The van der Waals surface area contributed by atoms with E-state index in [0.29, 0.717) is 6.61 Å². The second kappa shape index (κ2) is 8.30. The Labute approximate surface area is 160 Å². The van der Waals surface area contributed by atoms with Gasteiger partial charge in [0.05, 0.1) is 13.2 Å². The van der Waals surface area contributed by atoms with Crippen LogP contribution in [-0.4, -0.2) is 45.5 Å². The van der Waals surface area contributed by atoms with Crippen molar-refractivity contribution in [2.24, 2.45) is 0 Å². The molecule has 0 spiro atoms. The Balaban J connectivity index is 1.44. The molecule has 2 aliphatic rings. The third-order valence-corrected chi connectivity index (χ3v) is 5.39. The summed E-state index contributed by atoms with van der Waals surface area (Å²) in [4.78, 5) is 2.41. The monoisotopic (exact) mass is 372 g/mol. The fourth-order valence-corrected chi connectivity index (χ4v) is 3.70. The minimum Gasteiger partial charge on any atom is -0.488 e. The van der Waals surface area contributed by atoms with Crippen molar-refractivity contribution in [3.8, 4) is 5.75 Å². The number of anilines is 1. The Morgan fingerprint density at radius 2 is 1.92 bits per heavy atom. The first-order valence-electron chi connectivity index (χ1n) is 9.35. The molecular weight excluding hydrogens is 348 g/mol. The third kappa shape index (κ3) is 4.32. The number of halogens is 1. The molecule has 0 radical (unpaired) electrons. The van der Waals surface area contributed by atoms with E-state index in [-0.39, 0.29) is 6.10 Å². The highest BCUT2D eigenvalue weighted by molar-refractivity contribution is 6.31. The molecule has 1 atom stereocenters. The van der Waals surface area contributed by atoms with Crippen LogP contribution >= 0.6 is 11.6 Å². The minimum atomic E-state index is 0.186.